The molecule has 30 heavy (non-hydrogen) atoms. The predicted octanol–water partition coefficient (Wildman–Crippen LogP) is 3.40. The van der Waals surface area contributed by atoms with Gasteiger partial charge >= 0.3 is 5.69 Å². The van der Waals surface area contributed by atoms with E-state index in [1.807, 2.05) is 6.92 Å². The van der Waals surface area contributed by atoms with E-state index in [2.05, 4.69) is 5.32 Å². The average Bonchev–Trinajstić information content (AvgIpc) is 2.98. The molecule has 2 aromatic carbocycles. The van der Waals surface area contributed by atoms with Gasteiger partial charge in [-0.2, -0.15) is 0 Å². The van der Waals surface area contributed by atoms with Crippen LogP contribution in [-0.2, 0) is 11.4 Å². The van der Waals surface area contributed by atoms with Crippen molar-refractivity contribution in [2.45, 2.75) is 13.5 Å². The van der Waals surface area contributed by atoms with Crippen LogP contribution in [0, 0.1) is 15.9 Å². The minimum atomic E-state index is -0.650. The van der Waals surface area contributed by atoms with E-state index in [0.29, 0.717) is 34.2 Å². The van der Waals surface area contributed by atoms with Gasteiger partial charge in [0.15, 0.2) is 10.9 Å². The number of rotatable bonds is 7. The second-order valence-corrected chi connectivity index (χ2v) is 6.65. The van der Waals surface area contributed by atoms with Crippen LogP contribution in [-0.4, -0.2) is 34.5 Å². The molecule has 3 rings (SSSR count). The highest BCUT2D eigenvalue weighted by Crippen LogP contribution is 2.30. The van der Waals surface area contributed by atoms with E-state index in [9.17, 15) is 19.3 Å². The molecule has 0 saturated carbocycles. The Bertz CT molecular complexity index is 1060. The van der Waals surface area contributed by atoms with Crippen molar-refractivity contribution >= 4 is 35.0 Å². The van der Waals surface area contributed by atoms with Crippen LogP contribution >= 0.6 is 12.2 Å². The molecular formula is C20H18FN3O5S. The molecule has 1 fully saturated rings. The Morgan fingerprint density at radius 2 is 2.03 bits per heavy atom. The molecule has 0 atom stereocenters. The SMILES string of the molecule is CCN1C(=O)/C(=C\c2ccc(OC)c(COc3cc(F)ccc3[N+](=O)[O-])c2)NC1=S. The number of hydrogen-bond acceptors (Lipinski definition) is 6. The molecule has 1 aliphatic heterocycles. The molecule has 0 aromatic heterocycles. The molecule has 2 aromatic rings. The van der Waals surface area contributed by atoms with Crippen molar-refractivity contribution < 1.29 is 23.6 Å². The maximum absolute atomic E-state index is 13.5. The highest BCUT2D eigenvalue weighted by Gasteiger charge is 2.29. The summed E-state index contributed by atoms with van der Waals surface area (Å²) in [6.07, 6.45) is 1.64. The number of benzene rings is 2. The number of carbonyl (C=O) groups excluding carboxylic acids is 1. The van der Waals surface area contributed by atoms with E-state index in [1.165, 1.54) is 12.0 Å². The number of nitro benzene ring substituents is 1. The Morgan fingerprint density at radius 3 is 2.67 bits per heavy atom. The van der Waals surface area contributed by atoms with Crippen molar-refractivity contribution in [3.63, 3.8) is 0 Å². The molecule has 0 unspecified atom stereocenters. The van der Waals surface area contributed by atoms with Gasteiger partial charge in [0.05, 0.1) is 12.0 Å². The van der Waals surface area contributed by atoms with Crippen LogP contribution in [0.15, 0.2) is 42.1 Å². The number of carbonyl (C=O) groups is 1. The number of amides is 1. The molecule has 1 N–H and O–H groups in total. The zero-order valence-corrected chi connectivity index (χ0v) is 17.0. The highest BCUT2D eigenvalue weighted by molar-refractivity contribution is 7.80. The van der Waals surface area contributed by atoms with Crippen molar-refractivity contribution in [3.05, 3.63) is 69.2 Å². The molecule has 0 aliphatic carbocycles. The summed E-state index contributed by atoms with van der Waals surface area (Å²) >= 11 is 5.14. The summed E-state index contributed by atoms with van der Waals surface area (Å²) < 4.78 is 24.3. The minimum Gasteiger partial charge on any atom is -0.496 e. The van der Waals surface area contributed by atoms with Gasteiger partial charge in [0.2, 0.25) is 0 Å². The van der Waals surface area contributed by atoms with Crippen LogP contribution in [0.2, 0.25) is 0 Å². The maximum Gasteiger partial charge on any atom is 0.311 e. The number of likely N-dealkylation sites (N-methyl/N-ethyl adjacent to an activating group) is 1. The highest BCUT2D eigenvalue weighted by atomic mass is 32.1. The van der Waals surface area contributed by atoms with Gasteiger partial charge in [0.25, 0.3) is 5.91 Å². The lowest BCUT2D eigenvalue weighted by molar-refractivity contribution is -0.386. The fraction of sp³-hybridized carbons (Fsp3) is 0.200. The van der Waals surface area contributed by atoms with Crippen LogP contribution in [0.25, 0.3) is 6.08 Å². The first-order chi connectivity index (χ1) is 14.3. The zero-order valence-electron chi connectivity index (χ0n) is 16.2. The van der Waals surface area contributed by atoms with Crippen LogP contribution in [0.3, 0.4) is 0 Å². The van der Waals surface area contributed by atoms with Crippen LogP contribution in [0.4, 0.5) is 10.1 Å². The molecule has 1 aliphatic rings. The van der Waals surface area contributed by atoms with Gasteiger partial charge in [-0.1, -0.05) is 6.07 Å². The number of methoxy groups -OCH3 is 1. The summed E-state index contributed by atoms with van der Waals surface area (Å²) in [5.41, 5.74) is 1.22. The first-order valence-corrected chi connectivity index (χ1v) is 9.33. The second-order valence-electron chi connectivity index (χ2n) is 6.27. The number of nitro groups is 1. The molecular weight excluding hydrogens is 413 g/mol. The number of halogens is 1. The number of hydrogen-bond donors (Lipinski definition) is 1. The third-order valence-electron chi connectivity index (χ3n) is 4.40. The second kappa shape index (κ2) is 8.87. The van der Waals surface area contributed by atoms with Crippen LogP contribution in [0.1, 0.15) is 18.1 Å². The van der Waals surface area contributed by atoms with Crippen molar-refractivity contribution in [3.8, 4) is 11.5 Å². The molecule has 8 nitrogen and oxygen atoms in total. The molecule has 10 heteroatoms. The summed E-state index contributed by atoms with van der Waals surface area (Å²) in [7, 11) is 1.47. The molecule has 0 bridgehead atoms. The summed E-state index contributed by atoms with van der Waals surface area (Å²) in [5.74, 6) is -0.593. The van der Waals surface area contributed by atoms with Gasteiger partial charge in [-0.15, -0.1) is 0 Å². The van der Waals surface area contributed by atoms with Crippen molar-refractivity contribution in [2.75, 3.05) is 13.7 Å². The van der Waals surface area contributed by atoms with Crippen molar-refractivity contribution in [1.82, 2.24) is 10.2 Å². The van der Waals surface area contributed by atoms with Gasteiger partial charge in [-0.05, 0) is 49.0 Å². The Morgan fingerprint density at radius 1 is 1.27 bits per heavy atom. The van der Waals surface area contributed by atoms with Crippen LogP contribution < -0.4 is 14.8 Å². The van der Waals surface area contributed by atoms with E-state index in [1.54, 1.807) is 24.3 Å². The summed E-state index contributed by atoms with van der Waals surface area (Å²) in [4.78, 5) is 24.3. The van der Waals surface area contributed by atoms with Gasteiger partial charge in [-0.25, -0.2) is 4.39 Å². The lowest BCUT2D eigenvalue weighted by Gasteiger charge is -2.12. The lowest BCUT2D eigenvalue weighted by Crippen LogP contribution is -2.30. The van der Waals surface area contributed by atoms with Gasteiger partial charge in [0.1, 0.15) is 23.9 Å². The van der Waals surface area contributed by atoms with E-state index < -0.39 is 10.7 Å². The standard InChI is InChI=1S/C20H18FN3O5S/c1-3-23-19(25)15(22-20(23)30)9-12-4-7-17(28-2)13(8-12)11-29-18-10-14(21)5-6-16(18)24(26)27/h4-10H,3,11H2,1-2H3,(H,22,30)/b15-9+. The van der Waals surface area contributed by atoms with Crippen molar-refractivity contribution in [2.24, 2.45) is 0 Å². The number of thiocarbonyl (C=S) groups is 1. The number of nitrogens with one attached hydrogen (secondary N) is 1. The topological polar surface area (TPSA) is 93.9 Å². The molecule has 1 saturated heterocycles. The van der Waals surface area contributed by atoms with Gasteiger partial charge in [-0.3, -0.25) is 19.8 Å². The zero-order chi connectivity index (χ0) is 21.8. The van der Waals surface area contributed by atoms with Crippen LogP contribution in [0.5, 0.6) is 11.5 Å². The Kier molecular flexibility index (Phi) is 6.26. The quantitative estimate of drug-likeness (QED) is 0.311. The Hall–Kier alpha value is -3.53. The van der Waals surface area contributed by atoms with Crippen molar-refractivity contribution in [1.29, 1.82) is 0 Å². The Labute approximate surface area is 177 Å². The average molecular weight is 431 g/mol. The summed E-state index contributed by atoms with van der Waals surface area (Å²) in [6, 6.07) is 8.13. The fourth-order valence-corrected chi connectivity index (χ4v) is 3.26. The number of nitrogens with zero attached hydrogens (tertiary/aromatic N) is 2. The third-order valence-corrected chi connectivity index (χ3v) is 4.72. The molecule has 1 amide bonds. The monoisotopic (exact) mass is 431 g/mol. The molecule has 156 valence electrons. The molecule has 1 heterocycles. The lowest BCUT2D eigenvalue weighted by atomic mass is 10.1. The third kappa shape index (κ3) is 4.38. The summed E-state index contributed by atoms with van der Waals surface area (Å²) in [6.45, 7) is 2.17. The maximum atomic E-state index is 13.5. The first-order valence-electron chi connectivity index (χ1n) is 8.92. The fourth-order valence-electron chi connectivity index (χ4n) is 2.94. The minimum absolute atomic E-state index is 0.106. The molecule has 0 spiro atoms. The van der Waals surface area contributed by atoms with E-state index in [-0.39, 0.29) is 24.0 Å². The first kappa shape index (κ1) is 21.2. The Balaban J connectivity index is 1.87. The summed E-state index contributed by atoms with van der Waals surface area (Å²) in [5, 5.41) is 14.4. The van der Waals surface area contributed by atoms with Gasteiger partial charge in [0, 0.05) is 24.2 Å². The molecule has 0 radical (unpaired) electrons. The smallest absolute Gasteiger partial charge is 0.311 e. The number of ether oxygens (including phenoxy) is 2. The predicted molar refractivity (Wildman–Crippen MR) is 111 cm³/mol. The van der Waals surface area contributed by atoms with E-state index >= 15 is 0 Å². The van der Waals surface area contributed by atoms with E-state index in [0.717, 1.165) is 18.2 Å². The normalized spacial score (nSPS) is 14.8. The van der Waals surface area contributed by atoms with E-state index in [4.69, 9.17) is 21.7 Å². The van der Waals surface area contributed by atoms with Gasteiger partial charge < -0.3 is 14.8 Å². The largest absolute Gasteiger partial charge is 0.496 e.